The quantitative estimate of drug-likeness (QED) is 0.571. The van der Waals surface area contributed by atoms with Gasteiger partial charge in [-0.3, -0.25) is 4.79 Å². The lowest BCUT2D eigenvalue weighted by molar-refractivity contribution is -0.151. The summed E-state index contributed by atoms with van der Waals surface area (Å²) in [7, 11) is 0. The third-order valence-corrected chi connectivity index (χ3v) is 2.74. The van der Waals surface area contributed by atoms with E-state index in [-0.39, 0.29) is 18.0 Å². The first-order valence-corrected chi connectivity index (χ1v) is 6.11. The van der Waals surface area contributed by atoms with E-state index in [1.807, 2.05) is 13.8 Å². The number of hydrogen-bond acceptors (Lipinski definition) is 4. The highest BCUT2D eigenvalue weighted by Gasteiger charge is 2.25. The van der Waals surface area contributed by atoms with Crippen LogP contribution < -0.4 is 5.32 Å². The maximum Gasteiger partial charge on any atom is 0.309 e. The van der Waals surface area contributed by atoms with Gasteiger partial charge in [-0.15, -0.1) is 0 Å². The van der Waals surface area contributed by atoms with Crippen molar-refractivity contribution in [3.05, 3.63) is 0 Å². The number of ether oxygens (including phenoxy) is 2. The number of hydrogen-bond donors (Lipinski definition) is 1. The molecule has 0 bridgehead atoms. The molecule has 1 heterocycles. The first-order valence-electron chi connectivity index (χ1n) is 6.11. The molecule has 94 valence electrons. The van der Waals surface area contributed by atoms with Crippen molar-refractivity contribution >= 4 is 5.97 Å². The van der Waals surface area contributed by atoms with E-state index in [4.69, 9.17) is 9.47 Å². The Kier molecular flexibility index (Phi) is 5.77. The van der Waals surface area contributed by atoms with E-state index < -0.39 is 0 Å². The molecule has 0 radical (unpaired) electrons. The van der Waals surface area contributed by atoms with Crippen LogP contribution in [0.1, 0.15) is 33.6 Å². The maximum absolute atomic E-state index is 11.7. The average Bonchev–Trinajstić information content (AvgIpc) is 2.24. The van der Waals surface area contributed by atoms with Crippen LogP contribution >= 0.6 is 0 Å². The second-order valence-corrected chi connectivity index (χ2v) is 4.66. The highest BCUT2D eigenvalue weighted by Crippen LogP contribution is 2.17. The van der Waals surface area contributed by atoms with E-state index >= 15 is 0 Å². The molecule has 0 spiro atoms. The van der Waals surface area contributed by atoms with Crippen LogP contribution in [0, 0.1) is 5.92 Å². The Hall–Kier alpha value is -0.610. The maximum atomic E-state index is 11.7. The van der Waals surface area contributed by atoms with Crippen molar-refractivity contribution in [1.29, 1.82) is 0 Å². The third kappa shape index (κ3) is 4.94. The summed E-state index contributed by atoms with van der Waals surface area (Å²) >= 11 is 0. The molecular weight excluding hydrogens is 206 g/mol. The minimum absolute atomic E-state index is 0.0651. The van der Waals surface area contributed by atoms with Crippen molar-refractivity contribution in [2.24, 2.45) is 5.92 Å². The highest BCUT2D eigenvalue weighted by atomic mass is 16.6. The van der Waals surface area contributed by atoms with Gasteiger partial charge in [-0.1, -0.05) is 0 Å². The highest BCUT2D eigenvalue weighted by molar-refractivity contribution is 5.72. The summed E-state index contributed by atoms with van der Waals surface area (Å²) in [5.41, 5.74) is 0. The van der Waals surface area contributed by atoms with Crippen LogP contribution in [0.5, 0.6) is 0 Å². The van der Waals surface area contributed by atoms with Gasteiger partial charge in [-0.25, -0.2) is 0 Å². The molecule has 1 N–H and O–H groups in total. The van der Waals surface area contributed by atoms with E-state index in [0.717, 1.165) is 19.4 Å². The van der Waals surface area contributed by atoms with Crippen LogP contribution in [-0.2, 0) is 14.3 Å². The molecule has 0 aromatic carbocycles. The van der Waals surface area contributed by atoms with Gasteiger partial charge in [0.25, 0.3) is 0 Å². The lowest BCUT2D eigenvalue weighted by Crippen LogP contribution is -2.39. The fraction of sp³-hybridized carbons (Fsp3) is 0.917. The van der Waals surface area contributed by atoms with E-state index in [0.29, 0.717) is 19.3 Å². The molecule has 1 aliphatic heterocycles. The van der Waals surface area contributed by atoms with Crippen LogP contribution in [0.2, 0.25) is 0 Å². The van der Waals surface area contributed by atoms with Crippen LogP contribution in [-0.4, -0.2) is 37.9 Å². The Morgan fingerprint density at radius 3 is 2.81 bits per heavy atom. The Morgan fingerprint density at radius 2 is 2.19 bits per heavy atom. The van der Waals surface area contributed by atoms with Gasteiger partial charge in [0.15, 0.2) is 0 Å². The molecule has 2 atom stereocenters. The zero-order valence-electron chi connectivity index (χ0n) is 10.5. The number of piperidine rings is 1. The molecule has 16 heavy (non-hydrogen) atoms. The number of carbonyl (C=O) groups is 1. The minimum Gasteiger partial charge on any atom is -0.463 e. The fourth-order valence-electron chi connectivity index (χ4n) is 1.89. The van der Waals surface area contributed by atoms with Crippen molar-refractivity contribution < 1.29 is 14.3 Å². The summed E-state index contributed by atoms with van der Waals surface area (Å²) in [5.74, 6) is -0.00370. The largest absolute Gasteiger partial charge is 0.463 e. The van der Waals surface area contributed by atoms with Crippen molar-refractivity contribution in [2.45, 2.75) is 45.8 Å². The molecule has 0 amide bonds. The first-order chi connectivity index (χ1) is 7.59. The number of esters is 1. The van der Waals surface area contributed by atoms with Crippen LogP contribution in [0.15, 0.2) is 0 Å². The molecule has 0 aliphatic carbocycles. The molecule has 0 aromatic rings. The molecule has 1 rings (SSSR count). The predicted octanol–water partition coefficient (Wildman–Crippen LogP) is 1.34. The van der Waals surface area contributed by atoms with Crippen molar-refractivity contribution in [3.8, 4) is 0 Å². The molecular formula is C12H23NO3. The predicted molar refractivity (Wildman–Crippen MR) is 62.2 cm³/mol. The second-order valence-electron chi connectivity index (χ2n) is 4.66. The van der Waals surface area contributed by atoms with Gasteiger partial charge in [-0.05, 0) is 40.2 Å². The molecule has 2 unspecified atom stereocenters. The molecule has 1 aliphatic rings. The molecule has 0 aromatic heterocycles. The van der Waals surface area contributed by atoms with Gasteiger partial charge in [-0.2, -0.15) is 0 Å². The van der Waals surface area contributed by atoms with E-state index in [1.165, 1.54) is 0 Å². The van der Waals surface area contributed by atoms with Crippen LogP contribution in [0.25, 0.3) is 0 Å². The molecule has 0 saturated carbocycles. The first kappa shape index (κ1) is 13.5. The summed E-state index contributed by atoms with van der Waals surface area (Å²) < 4.78 is 10.5. The summed E-state index contributed by atoms with van der Waals surface area (Å²) in [4.78, 5) is 11.7. The van der Waals surface area contributed by atoms with Gasteiger partial charge < -0.3 is 14.8 Å². The standard InChI is InChI=1S/C12H23NO3/c1-9(2)15-6-7-16-12(14)11-4-5-13-10(3)8-11/h9-11,13H,4-8H2,1-3H3. The van der Waals surface area contributed by atoms with Crippen LogP contribution in [0.3, 0.4) is 0 Å². The molecule has 1 fully saturated rings. The number of nitrogens with one attached hydrogen (secondary N) is 1. The minimum atomic E-state index is -0.0688. The summed E-state index contributed by atoms with van der Waals surface area (Å²) in [6.45, 7) is 7.80. The Labute approximate surface area is 97.7 Å². The number of rotatable bonds is 5. The van der Waals surface area contributed by atoms with E-state index in [9.17, 15) is 4.79 Å². The Morgan fingerprint density at radius 1 is 1.44 bits per heavy atom. The zero-order chi connectivity index (χ0) is 12.0. The zero-order valence-corrected chi connectivity index (χ0v) is 10.5. The number of carbonyl (C=O) groups excluding carboxylic acids is 1. The Balaban J connectivity index is 2.14. The van der Waals surface area contributed by atoms with Gasteiger partial charge in [0.05, 0.1) is 18.6 Å². The second kappa shape index (κ2) is 6.86. The topological polar surface area (TPSA) is 47.6 Å². The van der Waals surface area contributed by atoms with E-state index in [2.05, 4.69) is 12.2 Å². The lowest BCUT2D eigenvalue weighted by Gasteiger charge is -2.26. The van der Waals surface area contributed by atoms with Gasteiger partial charge in [0, 0.05) is 6.04 Å². The Bertz CT molecular complexity index is 218. The molecule has 4 heteroatoms. The fourth-order valence-corrected chi connectivity index (χ4v) is 1.89. The summed E-state index contributed by atoms with van der Waals surface area (Å²) in [6.07, 6.45) is 1.95. The molecule has 1 saturated heterocycles. The summed E-state index contributed by atoms with van der Waals surface area (Å²) in [6, 6.07) is 0.415. The summed E-state index contributed by atoms with van der Waals surface area (Å²) in [5, 5.41) is 3.32. The van der Waals surface area contributed by atoms with Gasteiger partial charge in [0.1, 0.15) is 6.61 Å². The molecule has 4 nitrogen and oxygen atoms in total. The van der Waals surface area contributed by atoms with Crippen molar-refractivity contribution in [1.82, 2.24) is 5.32 Å². The lowest BCUT2D eigenvalue weighted by atomic mass is 9.93. The van der Waals surface area contributed by atoms with Crippen LogP contribution in [0.4, 0.5) is 0 Å². The van der Waals surface area contributed by atoms with Crippen molar-refractivity contribution in [3.63, 3.8) is 0 Å². The van der Waals surface area contributed by atoms with E-state index in [1.54, 1.807) is 0 Å². The third-order valence-electron chi connectivity index (χ3n) is 2.74. The van der Waals surface area contributed by atoms with Crippen molar-refractivity contribution in [2.75, 3.05) is 19.8 Å². The SMILES string of the molecule is CC1CC(C(=O)OCCOC(C)C)CCN1. The average molecular weight is 229 g/mol. The monoisotopic (exact) mass is 229 g/mol. The smallest absolute Gasteiger partial charge is 0.309 e. The normalized spacial score (nSPS) is 25.8. The van der Waals surface area contributed by atoms with Gasteiger partial charge in [0.2, 0.25) is 0 Å². The van der Waals surface area contributed by atoms with Gasteiger partial charge >= 0.3 is 5.97 Å².